The second kappa shape index (κ2) is 5.69. The van der Waals surface area contributed by atoms with Crippen molar-refractivity contribution < 1.29 is 32.7 Å². The van der Waals surface area contributed by atoms with Gasteiger partial charge in [-0.15, -0.1) is 0 Å². The van der Waals surface area contributed by atoms with E-state index in [-0.39, 0.29) is 42.2 Å². The highest BCUT2D eigenvalue weighted by molar-refractivity contribution is 6.20. The monoisotopic (exact) mass is 325 g/mol. The molecule has 0 unspecified atom stereocenters. The summed E-state index contributed by atoms with van der Waals surface area (Å²) in [6.45, 7) is -0.0247. The number of fused-ring (bicyclic) bond motifs is 1. The van der Waals surface area contributed by atoms with Crippen LogP contribution < -0.4 is 0 Å². The van der Waals surface area contributed by atoms with Gasteiger partial charge in [0.1, 0.15) is 5.41 Å². The molecule has 122 valence electrons. The molecule has 2 aliphatic heterocycles. The predicted octanol–water partition coefficient (Wildman–Crippen LogP) is 1.80. The van der Waals surface area contributed by atoms with Crippen molar-refractivity contribution in [1.29, 1.82) is 0 Å². The number of ether oxygens (including phenoxy) is 1. The molecule has 2 aliphatic rings. The van der Waals surface area contributed by atoms with Gasteiger partial charge in [-0.1, -0.05) is 17.2 Å². The summed E-state index contributed by atoms with van der Waals surface area (Å²) in [6, 6.07) is 5.91. The highest BCUT2D eigenvalue weighted by Gasteiger charge is 2.52. The Bertz CT molecular complexity index is 635. The lowest BCUT2D eigenvalue weighted by Gasteiger charge is -2.34. The molecule has 0 aromatic heterocycles. The lowest BCUT2D eigenvalue weighted by molar-refractivity contribution is -0.199. The lowest BCUT2D eigenvalue weighted by atomic mass is 9.81. The molecule has 0 saturated carbocycles. The Balaban J connectivity index is 1.83. The first kappa shape index (κ1) is 15.5. The Labute approximate surface area is 129 Å². The number of benzene rings is 1. The van der Waals surface area contributed by atoms with Gasteiger partial charge in [-0.05, 0) is 25.0 Å². The van der Waals surface area contributed by atoms with Gasteiger partial charge >= 0.3 is 5.97 Å². The number of halogens is 2. The van der Waals surface area contributed by atoms with Crippen LogP contribution in [0.15, 0.2) is 24.3 Å². The van der Waals surface area contributed by atoms with E-state index in [9.17, 15) is 23.2 Å². The zero-order valence-corrected chi connectivity index (χ0v) is 12.0. The summed E-state index contributed by atoms with van der Waals surface area (Å²) in [5, 5.41) is 0.257. The Morgan fingerprint density at radius 1 is 1.13 bits per heavy atom. The van der Waals surface area contributed by atoms with Crippen LogP contribution in [0.2, 0.25) is 0 Å². The van der Waals surface area contributed by atoms with Gasteiger partial charge in [-0.3, -0.25) is 9.59 Å². The first-order valence-electron chi connectivity index (χ1n) is 7.03. The van der Waals surface area contributed by atoms with Crippen molar-refractivity contribution in [1.82, 2.24) is 5.06 Å². The summed E-state index contributed by atoms with van der Waals surface area (Å²) in [7, 11) is 0. The van der Waals surface area contributed by atoms with Crippen LogP contribution in [-0.4, -0.2) is 42.5 Å². The molecule has 0 spiro atoms. The van der Waals surface area contributed by atoms with Crippen LogP contribution in [0.3, 0.4) is 0 Å². The summed E-state index contributed by atoms with van der Waals surface area (Å²) in [4.78, 5) is 41.3. The van der Waals surface area contributed by atoms with Gasteiger partial charge in [0.2, 0.25) is 0 Å². The minimum Gasteiger partial charge on any atom is -0.381 e. The van der Waals surface area contributed by atoms with Crippen LogP contribution in [0.5, 0.6) is 0 Å². The molecule has 0 atom stereocenters. The van der Waals surface area contributed by atoms with E-state index in [4.69, 9.17) is 9.57 Å². The minimum atomic E-state index is -2.98. The van der Waals surface area contributed by atoms with Crippen LogP contribution in [0, 0.1) is 5.41 Å². The summed E-state index contributed by atoms with van der Waals surface area (Å²) in [5.74, 6) is -2.96. The van der Waals surface area contributed by atoms with E-state index in [1.54, 1.807) is 12.1 Å². The maximum absolute atomic E-state index is 13.4. The van der Waals surface area contributed by atoms with E-state index >= 15 is 0 Å². The number of hydroxylamine groups is 2. The maximum atomic E-state index is 13.4. The molecule has 6 nitrogen and oxygen atoms in total. The van der Waals surface area contributed by atoms with Gasteiger partial charge in [-0.2, -0.15) is 0 Å². The normalized spacial score (nSPS) is 19.9. The van der Waals surface area contributed by atoms with Crippen LogP contribution in [-0.2, 0) is 14.4 Å². The summed E-state index contributed by atoms with van der Waals surface area (Å²) in [6.07, 6.45) is -3.44. The summed E-state index contributed by atoms with van der Waals surface area (Å²) < 4.78 is 31.8. The van der Waals surface area contributed by atoms with E-state index in [0.717, 1.165) is 0 Å². The molecule has 1 fully saturated rings. The third-order valence-electron chi connectivity index (χ3n) is 4.14. The smallest absolute Gasteiger partial charge is 0.345 e. The number of amides is 2. The molecule has 0 N–H and O–H groups in total. The molecule has 0 aliphatic carbocycles. The molecule has 0 bridgehead atoms. The summed E-state index contributed by atoms with van der Waals surface area (Å²) in [5.41, 5.74) is -1.92. The van der Waals surface area contributed by atoms with E-state index in [0.29, 0.717) is 0 Å². The molecule has 2 heterocycles. The van der Waals surface area contributed by atoms with E-state index in [1.807, 2.05) is 0 Å². The highest BCUT2D eigenvalue weighted by Crippen LogP contribution is 2.39. The van der Waals surface area contributed by atoms with Crippen LogP contribution >= 0.6 is 0 Å². The Hall–Kier alpha value is -2.35. The van der Waals surface area contributed by atoms with Gasteiger partial charge in [0.15, 0.2) is 0 Å². The second-order valence-electron chi connectivity index (χ2n) is 5.40. The van der Waals surface area contributed by atoms with Crippen LogP contribution in [0.25, 0.3) is 0 Å². The Morgan fingerprint density at radius 3 is 2.13 bits per heavy atom. The zero-order valence-electron chi connectivity index (χ0n) is 12.0. The van der Waals surface area contributed by atoms with Gasteiger partial charge in [0, 0.05) is 13.2 Å². The van der Waals surface area contributed by atoms with Crippen molar-refractivity contribution >= 4 is 17.8 Å². The van der Waals surface area contributed by atoms with Crippen molar-refractivity contribution in [2.75, 3.05) is 13.2 Å². The van der Waals surface area contributed by atoms with Crippen molar-refractivity contribution in [2.45, 2.75) is 19.3 Å². The van der Waals surface area contributed by atoms with Crippen LogP contribution in [0.1, 0.15) is 33.6 Å². The molecule has 1 aromatic carbocycles. The topological polar surface area (TPSA) is 72.9 Å². The molecule has 0 radical (unpaired) electrons. The first-order valence-corrected chi connectivity index (χ1v) is 7.03. The van der Waals surface area contributed by atoms with Crippen LogP contribution in [0.4, 0.5) is 8.78 Å². The Morgan fingerprint density at radius 2 is 1.65 bits per heavy atom. The third-order valence-corrected chi connectivity index (χ3v) is 4.14. The highest BCUT2D eigenvalue weighted by atomic mass is 19.3. The fourth-order valence-electron chi connectivity index (χ4n) is 2.67. The van der Waals surface area contributed by atoms with E-state index in [2.05, 4.69) is 0 Å². The molecule has 2 amide bonds. The number of carbonyl (C=O) groups is 3. The molecular formula is C15H13F2NO5. The number of nitrogens with zero attached hydrogens (tertiary/aromatic N) is 1. The molecule has 23 heavy (non-hydrogen) atoms. The fraction of sp³-hybridized carbons (Fsp3) is 0.400. The molecule has 1 aromatic rings. The van der Waals surface area contributed by atoms with Crippen molar-refractivity contribution in [3.05, 3.63) is 35.4 Å². The van der Waals surface area contributed by atoms with Crippen molar-refractivity contribution in [3.8, 4) is 0 Å². The molecular weight excluding hydrogens is 312 g/mol. The first-order chi connectivity index (χ1) is 11.0. The van der Waals surface area contributed by atoms with Gasteiger partial charge in [0.25, 0.3) is 18.2 Å². The van der Waals surface area contributed by atoms with Crippen molar-refractivity contribution in [2.24, 2.45) is 5.41 Å². The number of imide groups is 1. The quantitative estimate of drug-likeness (QED) is 0.793. The SMILES string of the molecule is O=C1c2ccccc2C(=O)N1OC(=O)C1(C(F)F)CCOCC1. The molecule has 8 heteroatoms. The number of rotatable bonds is 3. The second-order valence-corrected chi connectivity index (χ2v) is 5.40. The van der Waals surface area contributed by atoms with Gasteiger partial charge in [0.05, 0.1) is 11.1 Å². The summed E-state index contributed by atoms with van der Waals surface area (Å²) >= 11 is 0. The largest absolute Gasteiger partial charge is 0.381 e. The fourth-order valence-corrected chi connectivity index (χ4v) is 2.67. The number of alkyl halides is 2. The standard InChI is InChI=1S/C15H13F2NO5/c16-13(17)15(5-7-22-8-6-15)14(21)23-18-11(19)9-3-1-2-4-10(9)12(18)20/h1-4,13H,5-8H2. The minimum absolute atomic E-state index is 0.0123. The van der Waals surface area contributed by atoms with E-state index in [1.165, 1.54) is 12.1 Å². The van der Waals surface area contributed by atoms with E-state index < -0.39 is 29.6 Å². The molecule has 3 rings (SSSR count). The zero-order chi connectivity index (χ0) is 16.6. The Kier molecular flexibility index (Phi) is 3.85. The number of carbonyl (C=O) groups excluding carboxylic acids is 3. The number of hydrogen-bond donors (Lipinski definition) is 0. The predicted molar refractivity (Wildman–Crippen MR) is 71.5 cm³/mol. The average molecular weight is 325 g/mol. The lowest BCUT2D eigenvalue weighted by Crippen LogP contribution is -2.47. The average Bonchev–Trinajstić information content (AvgIpc) is 2.80. The number of hydrogen-bond acceptors (Lipinski definition) is 5. The van der Waals surface area contributed by atoms with Gasteiger partial charge < -0.3 is 9.57 Å². The van der Waals surface area contributed by atoms with Gasteiger partial charge in [-0.25, -0.2) is 13.6 Å². The molecule has 1 saturated heterocycles. The van der Waals surface area contributed by atoms with Crippen molar-refractivity contribution in [3.63, 3.8) is 0 Å². The maximum Gasteiger partial charge on any atom is 0.345 e. The third kappa shape index (κ3) is 2.39.